The predicted molar refractivity (Wildman–Crippen MR) is 73.2 cm³/mol. The Kier molecular flexibility index (Phi) is 2.79. The third-order valence-corrected chi connectivity index (χ3v) is 3.81. The van der Waals surface area contributed by atoms with Crippen LogP contribution in [0.15, 0.2) is 16.7 Å². The minimum absolute atomic E-state index is 0.156. The van der Waals surface area contributed by atoms with E-state index in [2.05, 4.69) is 32.8 Å². The average molecular weight is 311 g/mol. The van der Waals surface area contributed by atoms with E-state index in [1.165, 1.54) is 0 Å². The van der Waals surface area contributed by atoms with Gasteiger partial charge in [0.15, 0.2) is 5.65 Å². The lowest BCUT2D eigenvalue weighted by Crippen LogP contribution is -2.30. The lowest BCUT2D eigenvalue weighted by atomic mass is 10.0. The number of imidazole rings is 1. The van der Waals surface area contributed by atoms with E-state index in [1.807, 2.05) is 10.6 Å². The van der Waals surface area contributed by atoms with Crippen LogP contribution in [0.5, 0.6) is 0 Å². The van der Waals surface area contributed by atoms with Crippen LogP contribution in [-0.4, -0.2) is 26.7 Å². The Morgan fingerprint density at radius 3 is 3.17 bits per heavy atom. The van der Waals surface area contributed by atoms with E-state index in [0.717, 1.165) is 35.1 Å². The summed E-state index contributed by atoms with van der Waals surface area (Å²) in [5.74, 6) is 0.493. The average Bonchev–Trinajstić information content (AvgIpc) is 2.85. The van der Waals surface area contributed by atoms with Gasteiger partial charge in [0, 0.05) is 17.3 Å². The summed E-state index contributed by atoms with van der Waals surface area (Å²) in [6.45, 7) is 3.64. The number of nitrogens with zero attached hydrogens (tertiary/aromatic N) is 3. The lowest BCUT2D eigenvalue weighted by Gasteiger charge is -2.24. The summed E-state index contributed by atoms with van der Waals surface area (Å²) in [5.41, 5.74) is 7.45. The molecule has 0 aliphatic carbocycles. The highest BCUT2D eigenvalue weighted by molar-refractivity contribution is 9.10. The van der Waals surface area contributed by atoms with Crippen LogP contribution in [-0.2, 0) is 11.3 Å². The van der Waals surface area contributed by atoms with Crippen molar-refractivity contribution >= 4 is 33.0 Å². The maximum absolute atomic E-state index is 5.98. The van der Waals surface area contributed by atoms with Gasteiger partial charge in [0.2, 0.25) is 5.95 Å². The van der Waals surface area contributed by atoms with Crippen LogP contribution in [0, 0.1) is 0 Å². The fourth-order valence-electron chi connectivity index (χ4n) is 2.46. The molecule has 0 spiro atoms. The number of hydrogen-bond donors (Lipinski definition) is 1. The first kappa shape index (κ1) is 11.9. The Morgan fingerprint density at radius 1 is 1.61 bits per heavy atom. The van der Waals surface area contributed by atoms with Gasteiger partial charge in [-0.25, -0.2) is 9.97 Å². The van der Waals surface area contributed by atoms with E-state index in [4.69, 9.17) is 10.5 Å². The number of hydrogen-bond acceptors (Lipinski definition) is 4. The van der Waals surface area contributed by atoms with E-state index in [-0.39, 0.29) is 5.60 Å². The lowest BCUT2D eigenvalue weighted by molar-refractivity contribution is 0.00740. The second kappa shape index (κ2) is 4.20. The molecule has 96 valence electrons. The van der Waals surface area contributed by atoms with Crippen LogP contribution >= 0.6 is 15.9 Å². The number of nitrogens with two attached hydrogens (primary N) is 1. The Bertz CT molecular complexity index is 589. The molecule has 2 N–H and O–H groups in total. The molecule has 1 saturated heterocycles. The number of nitrogen functional groups attached to an aromatic ring is 1. The number of rotatable bonds is 2. The van der Waals surface area contributed by atoms with Crippen molar-refractivity contribution in [2.45, 2.75) is 31.9 Å². The summed E-state index contributed by atoms with van der Waals surface area (Å²) < 4.78 is 8.64. The number of halogens is 1. The molecule has 0 aromatic carbocycles. The van der Waals surface area contributed by atoms with Crippen LogP contribution in [0.25, 0.3) is 11.2 Å². The fourth-order valence-corrected chi connectivity index (χ4v) is 2.77. The van der Waals surface area contributed by atoms with Gasteiger partial charge in [-0.3, -0.25) is 4.57 Å². The third-order valence-electron chi connectivity index (χ3n) is 3.37. The molecular weight excluding hydrogens is 296 g/mol. The smallest absolute Gasteiger partial charge is 0.202 e. The van der Waals surface area contributed by atoms with Crippen molar-refractivity contribution in [2.24, 2.45) is 0 Å². The van der Waals surface area contributed by atoms with Crippen molar-refractivity contribution in [3.63, 3.8) is 0 Å². The summed E-state index contributed by atoms with van der Waals surface area (Å²) in [6, 6.07) is 1.92. The second-order valence-corrected chi connectivity index (χ2v) is 5.87. The zero-order valence-electron chi connectivity index (χ0n) is 10.2. The zero-order chi connectivity index (χ0) is 12.8. The fraction of sp³-hybridized carbons (Fsp3) is 0.500. The number of pyridine rings is 1. The van der Waals surface area contributed by atoms with E-state index < -0.39 is 0 Å². The Morgan fingerprint density at radius 2 is 2.44 bits per heavy atom. The van der Waals surface area contributed by atoms with Gasteiger partial charge in [-0.1, -0.05) is 0 Å². The quantitative estimate of drug-likeness (QED) is 0.924. The first-order chi connectivity index (χ1) is 8.57. The van der Waals surface area contributed by atoms with Crippen molar-refractivity contribution < 1.29 is 4.74 Å². The normalized spacial score (nSPS) is 23.9. The molecule has 1 fully saturated rings. The molecule has 1 aliphatic rings. The molecule has 0 radical (unpaired) electrons. The molecule has 3 rings (SSSR count). The van der Waals surface area contributed by atoms with Gasteiger partial charge in [-0.15, -0.1) is 0 Å². The Labute approximate surface area is 113 Å². The number of aromatic nitrogens is 3. The van der Waals surface area contributed by atoms with Crippen molar-refractivity contribution in [1.82, 2.24) is 14.5 Å². The number of fused-ring (bicyclic) bond motifs is 1. The van der Waals surface area contributed by atoms with Crippen molar-refractivity contribution in [3.05, 3.63) is 16.7 Å². The summed E-state index contributed by atoms with van der Waals surface area (Å²) in [4.78, 5) is 8.73. The van der Waals surface area contributed by atoms with Gasteiger partial charge in [-0.2, -0.15) is 0 Å². The molecule has 2 aromatic rings. The van der Waals surface area contributed by atoms with Gasteiger partial charge >= 0.3 is 0 Å². The molecule has 0 amide bonds. The topological polar surface area (TPSA) is 66.0 Å². The first-order valence-corrected chi connectivity index (χ1v) is 6.78. The molecular formula is C12H15BrN4O. The summed E-state index contributed by atoms with van der Waals surface area (Å²) >= 11 is 3.39. The molecule has 1 aliphatic heterocycles. The zero-order valence-corrected chi connectivity index (χ0v) is 11.8. The van der Waals surface area contributed by atoms with Crippen LogP contribution in [0.4, 0.5) is 5.95 Å². The van der Waals surface area contributed by atoms with Crippen molar-refractivity contribution in [1.29, 1.82) is 0 Å². The van der Waals surface area contributed by atoms with E-state index >= 15 is 0 Å². The molecule has 1 atom stereocenters. The van der Waals surface area contributed by atoms with Gasteiger partial charge in [0.05, 0.1) is 12.1 Å². The van der Waals surface area contributed by atoms with Gasteiger partial charge < -0.3 is 10.5 Å². The Balaban J connectivity index is 2.03. The summed E-state index contributed by atoms with van der Waals surface area (Å²) in [7, 11) is 0. The maximum atomic E-state index is 5.98. The minimum Gasteiger partial charge on any atom is -0.373 e. The monoisotopic (exact) mass is 310 g/mol. The SMILES string of the molecule is CC1(Cn2c(N)nc3cc(Br)cnc32)CCCO1. The van der Waals surface area contributed by atoms with E-state index in [1.54, 1.807) is 6.20 Å². The van der Waals surface area contributed by atoms with Gasteiger partial charge in [-0.05, 0) is 41.8 Å². The first-order valence-electron chi connectivity index (χ1n) is 5.99. The number of ether oxygens (including phenoxy) is 1. The van der Waals surface area contributed by atoms with Crippen LogP contribution in [0.3, 0.4) is 0 Å². The predicted octanol–water partition coefficient (Wildman–Crippen LogP) is 2.35. The standard InChI is InChI=1S/C12H15BrN4O/c1-12(3-2-4-18-12)7-17-10-9(16-11(17)14)5-8(13)6-15-10/h5-6H,2-4,7H2,1H3,(H2,14,16). The van der Waals surface area contributed by atoms with Crippen LogP contribution in [0.2, 0.25) is 0 Å². The summed E-state index contributed by atoms with van der Waals surface area (Å²) in [5, 5.41) is 0. The van der Waals surface area contributed by atoms with Gasteiger partial charge in [0.25, 0.3) is 0 Å². The second-order valence-electron chi connectivity index (χ2n) is 4.95. The van der Waals surface area contributed by atoms with Gasteiger partial charge in [0.1, 0.15) is 5.52 Å². The van der Waals surface area contributed by atoms with Crippen LogP contribution in [0.1, 0.15) is 19.8 Å². The third kappa shape index (κ3) is 1.99. The molecule has 0 saturated carbocycles. The Hall–Kier alpha value is -1.14. The molecule has 2 aromatic heterocycles. The van der Waals surface area contributed by atoms with E-state index in [0.29, 0.717) is 12.5 Å². The number of anilines is 1. The minimum atomic E-state index is -0.156. The van der Waals surface area contributed by atoms with Crippen molar-refractivity contribution in [3.8, 4) is 0 Å². The largest absolute Gasteiger partial charge is 0.373 e. The highest BCUT2D eigenvalue weighted by Gasteiger charge is 2.31. The molecule has 5 nitrogen and oxygen atoms in total. The highest BCUT2D eigenvalue weighted by atomic mass is 79.9. The van der Waals surface area contributed by atoms with E-state index in [9.17, 15) is 0 Å². The molecule has 0 bridgehead atoms. The molecule has 3 heterocycles. The summed E-state index contributed by atoms with van der Waals surface area (Å²) in [6.07, 6.45) is 3.91. The molecule has 1 unspecified atom stereocenters. The van der Waals surface area contributed by atoms with Crippen molar-refractivity contribution in [2.75, 3.05) is 12.3 Å². The molecule has 6 heteroatoms. The maximum Gasteiger partial charge on any atom is 0.202 e. The highest BCUT2D eigenvalue weighted by Crippen LogP contribution is 2.29. The molecule has 18 heavy (non-hydrogen) atoms. The van der Waals surface area contributed by atoms with Crippen LogP contribution < -0.4 is 5.73 Å².